The molecule has 24 heavy (non-hydrogen) atoms. The molecule has 3 aromatic rings. The molecule has 0 spiro atoms. The van der Waals surface area contributed by atoms with Crippen molar-refractivity contribution in [2.24, 2.45) is 0 Å². The summed E-state index contributed by atoms with van der Waals surface area (Å²) in [5, 5.41) is 11.0. The lowest BCUT2D eigenvalue weighted by atomic mass is 10.0. The van der Waals surface area contributed by atoms with Crippen LogP contribution in [0.2, 0.25) is 15.1 Å². The second-order valence-corrected chi connectivity index (χ2v) is 6.09. The molecule has 3 nitrogen and oxygen atoms in total. The second-order valence-electron chi connectivity index (χ2n) is 4.84. The van der Waals surface area contributed by atoms with Gasteiger partial charge in [-0.3, -0.25) is 0 Å². The molecule has 1 aromatic heterocycles. The number of pyridine rings is 1. The smallest absolute Gasteiger partial charge is 0.237 e. The summed E-state index contributed by atoms with van der Waals surface area (Å²) in [6.45, 7) is 0. The maximum Gasteiger partial charge on any atom is 0.237 e. The first kappa shape index (κ1) is 16.6. The molecule has 0 aliphatic carbocycles. The first-order valence-corrected chi connectivity index (χ1v) is 8.00. The Balaban J connectivity index is 2.03. The molecule has 118 valence electrons. The van der Waals surface area contributed by atoms with Crippen LogP contribution in [0.5, 0.6) is 11.6 Å². The van der Waals surface area contributed by atoms with E-state index in [1.54, 1.807) is 42.6 Å². The molecule has 0 aliphatic heterocycles. The number of rotatable bonds is 3. The van der Waals surface area contributed by atoms with Crippen LogP contribution in [0.4, 0.5) is 0 Å². The molecule has 6 heteroatoms. The fraction of sp³-hybridized carbons (Fsp3) is 0. The number of ether oxygens (including phenoxy) is 1. The van der Waals surface area contributed by atoms with E-state index in [0.29, 0.717) is 31.9 Å². The van der Waals surface area contributed by atoms with Crippen molar-refractivity contribution in [2.75, 3.05) is 0 Å². The van der Waals surface area contributed by atoms with Gasteiger partial charge in [-0.1, -0.05) is 46.9 Å². The van der Waals surface area contributed by atoms with Gasteiger partial charge in [-0.2, -0.15) is 5.26 Å². The molecule has 0 amide bonds. The van der Waals surface area contributed by atoms with Gasteiger partial charge in [0.15, 0.2) is 0 Å². The Kier molecular flexibility index (Phi) is 4.92. The fourth-order valence-electron chi connectivity index (χ4n) is 2.15. The topological polar surface area (TPSA) is 45.9 Å². The molecule has 0 saturated heterocycles. The monoisotopic (exact) mass is 374 g/mol. The summed E-state index contributed by atoms with van der Waals surface area (Å²) in [6, 6.07) is 15.9. The minimum absolute atomic E-state index is 0.198. The van der Waals surface area contributed by atoms with Crippen molar-refractivity contribution < 1.29 is 4.74 Å². The minimum Gasteiger partial charge on any atom is -0.438 e. The number of hydrogen-bond acceptors (Lipinski definition) is 3. The highest BCUT2D eigenvalue weighted by molar-refractivity contribution is 6.42. The Bertz CT molecular complexity index is 934. The standard InChI is InChI=1S/C18H9Cl3N2O/c19-12-3-1-11(2-4-12)14-7-8-23-18(15(14)10-22)24-13-5-6-16(20)17(21)9-13/h1-9H. The van der Waals surface area contributed by atoms with Crippen LogP contribution in [-0.4, -0.2) is 4.98 Å². The van der Waals surface area contributed by atoms with Gasteiger partial charge in [0.25, 0.3) is 0 Å². The summed E-state index contributed by atoms with van der Waals surface area (Å²) in [4.78, 5) is 4.15. The maximum absolute atomic E-state index is 9.55. The van der Waals surface area contributed by atoms with Crippen LogP contribution < -0.4 is 4.74 Å². The Labute approximate surface area is 154 Å². The van der Waals surface area contributed by atoms with Gasteiger partial charge in [-0.05, 0) is 35.9 Å². The zero-order chi connectivity index (χ0) is 17.1. The molecule has 0 unspecified atom stereocenters. The molecule has 0 atom stereocenters. The van der Waals surface area contributed by atoms with E-state index in [1.807, 2.05) is 12.1 Å². The number of hydrogen-bond donors (Lipinski definition) is 0. The molecule has 0 fully saturated rings. The van der Waals surface area contributed by atoms with E-state index >= 15 is 0 Å². The van der Waals surface area contributed by atoms with Crippen molar-refractivity contribution in [1.29, 1.82) is 5.26 Å². The first-order chi connectivity index (χ1) is 11.6. The molecule has 0 bridgehead atoms. The SMILES string of the molecule is N#Cc1c(-c2ccc(Cl)cc2)ccnc1Oc1ccc(Cl)c(Cl)c1. The number of nitrogens with zero attached hydrogens (tertiary/aromatic N) is 2. The molecule has 2 aromatic carbocycles. The summed E-state index contributed by atoms with van der Waals surface area (Å²) in [7, 11) is 0. The molecule has 3 rings (SSSR count). The highest BCUT2D eigenvalue weighted by atomic mass is 35.5. The Morgan fingerprint density at radius 1 is 0.917 bits per heavy atom. The number of halogens is 3. The van der Waals surface area contributed by atoms with Gasteiger partial charge in [0.05, 0.1) is 10.0 Å². The average Bonchev–Trinajstić information content (AvgIpc) is 2.59. The molecular weight excluding hydrogens is 367 g/mol. The number of benzene rings is 2. The van der Waals surface area contributed by atoms with Crippen molar-refractivity contribution in [3.05, 3.63) is 75.4 Å². The number of aromatic nitrogens is 1. The highest BCUT2D eigenvalue weighted by Gasteiger charge is 2.14. The maximum atomic E-state index is 9.55. The van der Waals surface area contributed by atoms with E-state index in [0.717, 1.165) is 5.56 Å². The Hall–Kier alpha value is -2.25. The van der Waals surface area contributed by atoms with E-state index in [-0.39, 0.29) is 5.88 Å². The predicted molar refractivity (Wildman–Crippen MR) is 95.9 cm³/mol. The molecule has 0 saturated carbocycles. The van der Waals surface area contributed by atoms with Crippen LogP contribution in [0.15, 0.2) is 54.7 Å². The molecular formula is C18H9Cl3N2O. The first-order valence-electron chi connectivity index (χ1n) is 6.86. The second kappa shape index (κ2) is 7.11. The van der Waals surface area contributed by atoms with Gasteiger partial charge in [-0.15, -0.1) is 0 Å². The van der Waals surface area contributed by atoms with Crippen molar-refractivity contribution in [2.45, 2.75) is 0 Å². The quantitative estimate of drug-likeness (QED) is 0.534. The number of nitriles is 1. The molecule has 1 heterocycles. The van der Waals surface area contributed by atoms with Gasteiger partial charge >= 0.3 is 0 Å². The van der Waals surface area contributed by atoms with Crippen LogP contribution in [0, 0.1) is 11.3 Å². The minimum atomic E-state index is 0.198. The Morgan fingerprint density at radius 3 is 2.33 bits per heavy atom. The zero-order valence-corrected chi connectivity index (χ0v) is 14.4. The summed E-state index contributed by atoms with van der Waals surface area (Å²) in [6.07, 6.45) is 1.58. The van der Waals surface area contributed by atoms with Crippen LogP contribution in [-0.2, 0) is 0 Å². The van der Waals surface area contributed by atoms with E-state index in [9.17, 15) is 5.26 Å². The van der Waals surface area contributed by atoms with Crippen molar-refractivity contribution in [1.82, 2.24) is 4.98 Å². The molecule has 0 N–H and O–H groups in total. The third-order valence-corrected chi connectivity index (χ3v) is 4.28. The van der Waals surface area contributed by atoms with Gasteiger partial charge in [0.2, 0.25) is 5.88 Å². The third-order valence-electron chi connectivity index (χ3n) is 3.29. The van der Waals surface area contributed by atoms with Crippen LogP contribution in [0.25, 0.3) is 11.1 Å². The van der Waals surface area contributed by atoms with E-state index < -0.39 is 0 Å². The summed E-state index contributed by atoms with van der Waals surface area (Å²) in [5.74, 6) is 0.644. The van der Waals surface area contributed by atoms with Crippen molar-refractivity contribution in [3.63, 3.8) is 0 Å². The van der Waals surface area contributed by atoms with Gasteiger partial charge in [0, 0.05) is 22.8 Å². The van der Waals surface area contributed by atoms with Gasteiger partial charge in [-0.25, -0.2) is 4.98 Å². The lowest BCUT2D eigenvalue weighted by molar-refractivity contribution is 0.461. The lowest BCUT2D eigenvalue weighted by Crippen LogP contribution is -1.94. The summed E-state index contributed by atoms with van der Waals surface area (Å²) < 4.78 is 5.72. The molecule has 0 aliphatic rings. The largest absolute Gasteiger partial charge is 0.438 e. The fourth-order valence-corrected chi connectivity index (χ4v) is 2.56. The van der Waals surface area contributed by atoms with Gasteiger partial charge < -0.3 is 4.74 Å². The van der Waals surface area contributed by atoms with Crippen LogP contribution >= 0.6 is 34.8 Å². The predicted octanol–water partition coefficient (Wildman–Crippen LogP) is 6.37. The normalized spacial score (nSPS) is 10.2. The van der Waals surface area contributed by atoms with Crippen molar-refractivity contribution in [3.8, 4) is 28.8 Å². The van der Waals surface area contributed by atoms with Crippen LogP contribution in [0.3, 0.4) is 0 Å². The Morgan fingerprint density at radius 2 is 1.67 bits per heavy atom. The summed E-state index contributed by atoms with van der Waals surface area (Å²) >= 11 is 17.8. The average molecular weight is 376 g/mol. The zero-order valence-electron chi connectivity index (χ0n) is 12.1. The van der Waals surface area contributed by atoms with E-state index in [2.05, 4.69) is 11.1 Å². The van der Waals surface area contributed by atoms with Crippen LogP contribution in [0.1, 0.15) is 5.56 Å². The lowest BCUT2D eigenvalue weighted by Gasteiger charge is -2.10. The highest BCUT2D eigenvalue weighted by Crippen LogP contribution is 2.33. The van der Waals surface area contributed by atoms with Crippen molar-refractivity contribution >= 4 is 34.8 Å². The van der Waals surface area contributed by atoms with E-state index in [1.165, 1.54) is 0 Å². The van der Waals surface area contributed by atoms with Gasteiger partial charge in [0.1, 0.15) is 17.4 Å². The summed E-state index contributed by atoms with van der Waals surface area (Å²) in [5.41, 5.74) is 1.88. The third kappa shape index (κ3) is 3.47. The molecule has 0 radical (unpaired) electrons. The van der Waals surface area contributed by atoms with E-state index in [4.69, 9.17) is 39.5 Å².